The van der Waals surface area contributed by atoms with Crippen molar-refractivity contribution in [1.82, 2.24) is 20.5 Å². The van der Waals surface area contributed by atoms with Crippen molar-refractivity contribution in [1.29, 1.82) is 0 Å². The molecule has 0 atom stereocenters. The highest BCUT2D eigenvalue weighted by atomic mass is 35.5. The molecule has 0 aliphatic rings. The van der Waals surface area contributed by atoms with Gasteiger partial charge >= 0.3 is 0 Å². The van der Waals surface area contributed by atoms with Gasteiger partial charge in [-0.15, -0.1) is 0 Å². The summed E-state index contributed by atoms with van der Waals surface area (Å²) in [6.45, 7) is 6.43. The first-order chi connectivity index (χ1) is 10.1. The van der Waals surface area contributed by atoms with Crippen LogP contribution in [-0.2, 0) is 18.4 Å². The number of hydrogen-bond donors (Lipinski definition) is 3. The molecule has 1 aromatic heterocycles. The van der Waals surface area contributed by atoms with E-state index in [1.807, 2.05) is 27.8 Å². The van der Waals surface area contributed by atoms with Gasteiger partial charge in [0.05, 0.1) is 18.1 Å². The molecule has 0 aromatic carbocycles. The lowest BCUT2D eigenvalue weighted by Gasteiger charge is -2.21. The SMILES string of the molecule is CN=C(NCC(=O)NC(C)(C)C)NCc1cc(Cl)c(Cl)n1C. The minimum atomic E-state index is -0.258. The molecule has 0 bridgehead atoms. The Morgan fingerprint density at radius 3 is 2.41 bits per heavy atom. The third-order valence-electron chi connectivity index (χ3n) is 2.81. The van der Waals surface area contributed by atoms with Crippen LogP contribution in [0.2, 0.25) is 10.2 Å². The fraction of sp³-hybridized carbons (Fsp3) is 0.571. The molecule has 0 saturated carbocycles. The predicted molar refractivity (Wildman–Crippen MR) is 91.5 cm³/mol. The molecular weight excluding hydrogens is 325 g/mol. The fourth-order valence-electron chi connectivity index (χ4n) is 1.78. The minimum absolute atomic E-state index is 0.0968. The zero-order valence-electron chi connectivity index (χ0n) is 13.6. The van der Waals surface area contributed by atoms with E-state index in [1.165, 1.54) is 0 Å². The lowest BCUT2D eigenvalue weighted by molar-refractivity contribution is -0.121. The second-order valence-electron chi connectivity index (χ2n) is 5.91. The number of amides is 1. The van der Waals surface area contributed by atoms with Crippen molar-refractivity contribution in [3.05, 3.63) is 21.9 Å². The normalized spacial score (nSPS) is 12.2. The van der Waals surface area contributed by atoms with E-state index in [4.69, 9.17) is 23.2 Å². The predicted octanol–water partition coefficient (Wildman–Crippen LogP) is 1.91. The van der Waals surface area contributed by atoms with Crippen LogP contribution >= 0.6 is 23.2 Å². The van der Waals surface area contributed by atoms with Crippen molar-refractivity contribution in [2.24, 2.45) is 12.0 Å². The van der Waals surface area contributed by atoms with Crippen molar-refractivity contribution in [3.8, 4) is 0 Å². The smallest absolute Gasteiger partial charge is 0.239 e. The van der Waals surface area contributed by atoms with Gasteiger partial charge in [0.2, 0.25) is 5.91 Å². The van der Waals surface area contributed by atoms with Crippen LogP contribution in [0.5, 0.6) is 0 Å². The van der Waals surface area contributed by atoms with E-state index in [0.717, 1.165) is 5.69 Å². The van der Waals surface area contributed by atoms with Crippen LogP contribution in [0.4, 0.5) is 0 Å². The van der Waals surface area contributed by atoms with E-state index < -0.39 is 0 Å². The average molecular weight is 348 g/mol. The first kappa shape index (κ1) is 18.6. The van der Waals surface area contributed by atoms with E-state index in [9.17, 15) is 4.79 Å². The number of carbonyl (C=O) groups is 1. The standard InChI is InChI=1S/C14H23Cl2N5O/c1-14(2,3)20-11(22)8-19-13(17-4)18-7-9-6-10(15)12(16)21(9)5/h6H,7-8H2,1-5H3,(H,20,22)(H2,17,18,19). The van der Waals surface area contributed by atoms with Crippen LogP contribution in [0.3, 0.4) is 0 Å². The zero-order valence-corrected chi connectivity index (χ0v) is 15.1. The Labute approximate surface area is 141 Å². The summed E-state index contributed by atoms with van der Waals surface area (Å²) >= 11 is 12.0. The van der Waals surface area contributed by atoms with Gasteiger partial charge in [0.25, 0.3) is 0 Å². The lowest BCUT2D eigenvalue weighted by atomic mass is 10.1. The molecule has 0 aliphatic heterocycles. The van der Waals surface area contributed by atoms with Crippen LogP contribution in [0.1, 0.15) is 26.5 Å². The molecule has 124 valence electrons. The number of aliphatic imine (C=N–C) groups is 1. The summed E-state index contributed by atoms with van der Waals surface area (Å²) in [5.41, 5.74) is 0.656. The molecule has 8 heteroatoms. The molecule has 1 heterocycles. The fourth-order valence-corrected chi connectivity index (χ4v) is 2.20. The summed E-state index contributed by atoms with van der Waals surface area (Å²) in [6, 6.07) is 1.79. The molecule has 0 fully saturated rings. The largest absolute Gasteiger partial charge is 0.351 e. The van der Waals surface area contributed by atoms with Gasteiger partial charge in [-0.3, -0.25) is 9.79 Å². The highest BCUT2D eigenvalue weighted by Crippen LogP contribution is 2.24. The number of aromatic nitrogens is 1. The maximum absolute atomic E-state index is 11.8. The number of nitrogens with zero attached hydrogens (tertiary/aromatic N) is 2. The molecule has 1 aromatic rings. The van der Waals surface area contributed by atoms with E-state index in [1.54, 1.807) is 17.7 Å². The molecule has 1 amide bonds. The molecule has 6 nitrogen and oxygen atoms in total. The van der Waals surface area contributed by atoms with Gasteiger partial charge in [-0.1, -0.05) is 23.2 Å². The molecular formula is C14H23Cl2N5O. The first-order valence-corrected chi connectivity index (χ1v) is 7.64. The zero-order chi connectivity index (χ0) is 16.9. The number of guanidine groups is 1. The molecule has 0 radical (unpaired) electrons. The van der Waals surface area contributed by atoms with Gasteiger partial charge in [-0.05, 0) is 26.8 Å². The maximum atomic E-state index is 11.8. The van der Waals surface area contributed by atoms with Crippen LogP contribution in [0.15, 0.2) is 11.1 Å². The molecule has 0 aliphatic carbocycles. The number of rotatable bonds is 4. The van der Waals surface area contributed by atoms with Gasteiger partial charge in [0, 0.05) is 25.3 Å². The second-order valence-corrected chi connectivity index (χ2v) is 6.68. The summed E-state index contributed by atoms with van der Waals surface area (Å²) in [5.74, 6) is 0.429. The van der Waals surface area contributed by atoms with Gasteiger partial charge in [0.1, 0.15) is 5.15 Å². The summed E-state index contributed by atoms with van der Waals surface area (Å²) in [5, 5.41) is 9.93. The van der Waals surface area contributed by atoms with Crippen molar-refractivity contribution in [2.75, 3.05) is 13.6 Å². The van der Waals surface area contributed by atoms with Gasteiger partial charge in [-0.2, -0.15) is 0 Å². The quantitative estimate of drug-likeness (QED) is 0.575. The Morgan fingerprint density at radius 1 is 1.32 bits per heavy atom. The number of nitrogens with one attached hydrogen (secondary N) is 3. The van der Waals surface area contributed by atoms with Crippen molar-refractivity contribution < 1.29 is 4.79 Å². The Hall–Kier alpha value is -1.40. The Bertz CT molecular complexity index is 560. The summed E-state index contributed by atoms with van der Waals surface area (Å²) < 4.78 is 1.79. The van der Waals surface area contributed by atoms with E-state index in [-0.39, 0.29) is 18.0 Å². The third-order valence-corrected chi connectivity index (χ3v) is 3.65. The van der Waals surface area contributed by atoms with E-state index in [2.05, 4.69) is 20.9 Å². The first-order valence-electron chi connectivity index (χ1n) is 6.89. The topological polar surface area (TPSA) is 70.4 Å². The number of halogens is 2. The average Bonchev–Trinajstić information content (AvgIpc) is 2.64. The maximum Gasteiger partial charge on any atom is 0.239 e. The molecule has 0 saturated heterocycles. The van der Waals surface area contributed by atoms with Crippen LogP contribution in [-0.4, -0.2) is 35.6 Å². The number of hydrogen-bond acceptors (Lipinski definition) is 2. The molecule has 0 unspecified atom stereocenters. The highest BCUT2D eigenvalue weighted by Gasteiger charge is 2.14. The van der Waals surface area contributed by atoms with Gasteiger partial charge in [0.15, 0.2) is 5.96 Å². The van der Waals surface area contributed by atoms with Crippen LogP contribution in [0.25, 0.3) is 0 Å². The van der Waals surface area contributed by atoms with Crippen LogP contribution in [0, 0.1) is 0 Å². The van der Waals surface area contributed by atoms with Crippen molar-refractivity contribution in [2.45, 2.75) is 32.9 Å². The Morgan fingerprint density at radius 2 is 1.95 bits per heavy atom. The van der Waals surface area contributed by atoms with Gasteiger partial charge < -0.3 is 20.5 Å². The monoisotopic (exact) mass is 347 g/mol. The molecule has 3 N–H and O–H groups in total. The summed E-state index contributed by atoms with van der Waals surface area (Å²) in [4.78, 5) is 15.8. The number of carbonyl (C=O) groups excluding carboxylic acids is 1. The molecule has 22 heavy (non-hydrogen) atoms. The Balaban J connectivity index is 2.50. The van der Waals surface area contributed by atoms with Gasteiger partial charge in [-0.25, -0.2) is 0 Å². The second kappa shape index (κ2) is 7.74. The lowest BCUT2D eigenvalue weighted by Crippen LogP contribution is -2.48. The van der Waals surface area contributed by atoms with Crippen LogP contribution < -0.4 is 16.0 Å². The van der Waals surface area contributed by atoms with Crippen molar-refractivity contribution in [3.63, 3.8) is 0 Å². The Kier molecular flexibility index (Phi) is 6.56. The summed E-state index contributed by atoms with van der Waals surface area (Å²) in [7, 11) is 3.47. The van der Waals surface area contributed by atoms with E-state index >= 15 is 0 Å². The highest BCUT2D eigenvalue weighted by molar-refractivity contribution is 6.41. The van der Waals surface area contributed by atoms with Crippen molar-refractivity contribution >= 4 is 35.1 Å². The molecule has 1 rings (SSSR count). The molecule has 0 spiro atoms. The third kappa shape index (κ3) is 5.77. The summed E-state index contributed by atoms with van der Waals surface area (Å²) in [6.07, 6.45) is 0. The minimum Gasteiger partial charge on any atom is -0.351 e. The van der Waals surface area contributed by atoms with E-state index in [0.29, 0.717) is 22.7 Å².